The van der Waals surface area contributed by atoms with Gasteiger partial charge in [-0.15, -0.1) is 0 Å². The predicted molar refractivity (Wildman–Crippen MR) is 52.6 cm³/mol. The third-order valence-corrected chi connectivity index (χ3v) is 1.79. The molecule has 0 heterocycles. The molecule has 5 heteroatoms. The van der Waals surface area contributed by atoms with Crippen molar-refractivity contribution in [3.63, 3.8) is 0 Å². The minimum absolute atomic E-state index is 0.150. The molecule has 0 rings (SSSR count). The van der Waals surface area contributed by atoms with Crippen LogP contribution < -0.4 is 10.6 Å². The van der Waals surface area contributed by atoms with E-state index in [-0.39, 0.29) is 12.6 Å². The van der Waals surface area contributed by atoms with Crippen LogP contribution in [-0.2, 0) is 9.59 Å². The molecule has 0 aromatic heterocycles. The highest BCUT2D eigenvalue weighted by atomic mass is 16.3. The maximum absolute atomic E-state index is 11.1. The van der Waals surface area contributed by atoms with Crippen LogP contribution in [0, 0.1) is 0 Å². The van der Waals surface area contributed by atoms with Gasteiger partial charge in [-0.2, -0.15) is 0 Å². The van der Waals surface area contributed by atoms with Crippen molar-refractivity contribution in [2.24, 2.45) is 0 Å². The van der Waals surface area contributed by atoms with Crippen molar-refractivity contribution in [3.05, 3.63) is 0 Å². The maximum atomic E-state index is 11.1. The molecule has 0 aliphatic rings. The summed E-state index contributed by atoms with van der Waals surface area (Å²) in [6.07, 6.45) is 1.39. The molecular formula is C9H18N2O3. The number of hydrogen-bond donors (Lipinski definition) is 3. The first-order valence-electron chi connectivity index (χ1n) is 4.85. The van der Waals surface area contributed by atoms with E-state index < -0.39 is 11.8 Å². The molecule has 1 atom stereocenters. The lowest BCUT2D eigenvalue weighted by Crippen LogP contribution is -2.45. The van der Waals surface area contributed by atoms with Gasteiger partial charge in [0.05, 0.1) is 12.6 Å². The normalized spacial score (nSPS) is 11.9. The molecule has 5 nitrogen and oxygen atoms in total. The van der Waals surface area contributed by atoms with Crippen LogP contribution in [0.1, 0.15) is 26.7 Å². The van der Waals surface area contributed by atoms with E-state index in [4.69, 9.17) is 5.11 Å². The number of nitrogens with one attached hydrogen (secondary N) is 2. The lowest BCUT2D eigenvalue weighted by atomic mass is 10.2. The van der Waals surface area contributed by atoms with Gasteiger partial charge in [0.1, 0.15) is 0 Å². The predicted octanol–water partition coefficient (Wildman–Crippen LogP) is -0.600. The summed E-state index contributed by atoms with van der Waals surface area (Å²) < 4.78 is 0. The molecule has 0 aliphatic heterocycles. The monoisotopic (exact) mass is 202 g/mol. The van der Waals surface area contributed by atoms with Crippen molar-refractivity contribution >= 4 is 11.8 Å². The smallest absolute Gasteiger partial charge is 0.309 e. The van der Waals surface area contributed by atoms with Gasteiger partial charge in [0.25, 0.3) is 0 Å². The fourth-order valence-corrected chi connectivity index (χ4v) is 0.847. The SMILES string of the molecule is CCCNC(=O)C(=O)N[C@@H](CC)CO. The van der Waals surface area contributed by atoms with Crippen molar-refractivity contribution in [2.75, 3.05) is 13.2 Å². The topological polar surface area (TPSA) is 78.4 Å². The van der Waals surface area contributed by atoms with Crippen LogP contribution >= 0.6 is 0 Å². The average Bonchev–Trinajstić information content (AvgIpc) is 2.21. The Kier molecular flexibility index (Phi) is 6.74. The first kappa shape index (κ1) is 12.9. The third kappa shape index (κ3) is 4.81. The van der Waals surface area contributed by atoms with E-state index in [2.05, 4.69) is 10.6 Å². The molecule has 0 saturated carbocycles. The standard InChI is InChI=1S/C9H18N2O3/c1-3-5-10-8(13)9(14)11-7(4-2)6-12/h7,12H,3-6H2,1-2H3,(H,10,13)(H,11,14)/t7-/m0/s1. The molecule has 0 aliphatic carbocycles. The number of aliphatic hydroxyl groups is 1. The van der Waals surface area contributed by atoms with E-state index in [1.165, 1.54) is 0 Å². The zero-order valence-corrected chi connectivity index (χ0v) is 8.67. The Morgan fingerprint density at radius 2 is 1.93 bits per heavy atom. The zero-order chi connectivity index (χ0) is 11.0. The zero-order valence-electron chi connectivity index (χ0n) is 8.67. The molecule has 0 aromatic rings. The van der Waals surface area contributed by atoms with E-state index in [9.17, 15) is 9.59 Å². The summed E-state index contributed by atoms with van der Waals surface area (Å²) >= 11 is 0. The van der Waals surface area contributed by atoms with Gasteiger partial charge in [0.15, 0.2) is 0 Å². The number of rotatable bonds is 5. The average molecular weight is 202 g/mol. The highest BCUT2D eigenvalue weighted by Gasteiger charge is 2.15. The van der Waals surface area contributed by atoms with Crippen LogP contribution in [0.4, 0.5) is 0 Å². The van der Waals surface area contributed by atoms with E-state index >= 15 is 0 Å². The van der Waals surface area contributed by atoms with Gasteiger partial charge >= 0.3 is 11.8 Å². The fourth-order valence-electron chi connectivity index (χ4n) is 0.847. The van der Waals surface area contributed by atoms with Gasteiger partial charge in [-0.05, 0) is 12.8 Å². The van der Waals surface area contributed by atoms with Gasteiger partial charge in [-0.3, -0.25) is 9.59 Å². The minimum atomic E-state index is -0.681. The molecule has 0 bridgehead atoms. The van der Waals surface area contributed by atoms with Crippen LogP contribution in [0.3, 0.4) is 0 Å². The fraction of sp³-hybridized carbons (Fsp3) is 0.778. The van der Waals surface area contributed by atoms with Crippen LogP contribution in [-0.4, -0.2) is 36.1 Å². The number of carbonyl (C=O) groups excluding carboxylic acids is 2. The highest BCUT2D eigenvalue weighted by Crippen LogP contribution is 1.88. The van der Waals surface area contributed by atoms with Crippen molar-refractivity contribution in [1.29, 1.82) is 0 Å². The van der Waals surface area contributed by atoms with Crippen molar-refractivity contribution in [3.8, 4) is 0 Å². The summed E-state index contributed by atoms with van der Waals surface area (Å²) in [7, 11) is 0. The quantitative estimate of drug-likeness (QED) is 0.521. The minimum Gasteiger partial charge on any atom is -0.394 e. The Morgan fingerprint density at radius 1 is 1.29 bits per heavy atom. The molecule has 14 heavy (non-hydrogen) atoms. The summed E-state index contributed by atoms with van der Waals surface area (Å²) in [6.45, 7) is 4.07. The summed E-state index contributed by atoms with van der Waals surface area (Å²) in [5.74, 6) is -1.32. The van der Waals surface area contributed by atoms with Crippen LogP contribution in [0.15, 0.2) is 0 Å². The van der Waals surface area contributed by atoms with Gasteiger partial charge in [0.2, 0.25) is 0 Å². The second-order valence-electron chi connectivity index (χ2n) is 3.02. The molecular weight excluding hydrogens is 184 g/mol. The number of amides is 2. The molecule has 0 spiro atoms. The molecule has 82 valence electrons. The lowest BCUT2D eigenvalue weighted by Gasteiger charge is -2.13. The lowest BCUT2D eigenvalue weighted by molar-refractivity contribution is -0.139. The second kappa shape index (κ2) is 7.32. The summed E-state index contributed by atoms with van der Waals surface area (Å²) in [5.41, 5.74) is 0. The van der Waals surface area contributed by atoms with E-state index in [0.717, 1.165) is 6.42 Å². The van der Waals surface area contributed by atoms with Gasteiger partial charge < -0.3 is 15.7 Å². The summed E-state index contributed by atoms with van der Waals surface area (Å²) in [6, 6.07) is -0.338. The molecule has 3 N–H and O–H groups in total. The Morgan fingerprint density at radius 3 is 2.36 bits per heavy atom. The van der Waals surface area contributed by atoms with Crippen molar-refractivity contribution in [1.82, 2.24) is 10.6 Å². The number of aliphatic hydroxyl groups excluding tert-OH is 1. The molecule has 0 unspecified atom stereocenters. The Balaban J connectivity index is 3.87. The third-order valence-electron chi connectivity index (χ3n) is 1.79. The molecule has 0 saturated heterocycles. The Bertz CT molecular complexity index is 190. The first-order valence-corrected chi connectivity index (χ1v) is 4.85. The Hall–Kier alpha value is -1.10. The van der Waals surface area contributed by atoms with E-state index in [1.807, 2.05) is 13.8 Å². The van der Waals surface area contributed by atoms with Crippen molar-refractivity contribution in [2.45, 2.75) is 32.7 Å². The van der Waals surface area contributed by atoms with Gasteiger partial charge in [-0.25, -0.2) is 0 Å². The summed E-state index contributed by atoms with van der Waals surface area (Å²) in [5, 5.41) is 13.7. The second-order valence-corrected chi connectivity index (χ2v) is 3.02. The molecule has 0 aromatic carbocycles. The maximum Gasteiger partial charge on any atom is 0.309 e. The van der Waals surface area contributed by atoms with Gasteiger partial charge in [0, 0.05) is 6.54 Å². The van der Waals surface area contributed by atoms with Crippen molar-refractivity contribution < 1.29 is 14.7 Å². The van der Waals surface area contributed by atoms with Crippen LogP contribution in [0.25, 0.3) is 0 Å². The Labute approximate surface area is 83.9 Å². The van der Waals surface area contributed by atoms with Crippen LogP contribution in [0.5, 0.6) is 0 Å². The van der Waals surface area contributed by atoms with E-state index in [0.29, 0.717) is 13.0 Å². The number of carbonyl (C=O) groups is 2. The summed E-state index contributed by atoms with van der Waals surface area (Å²) in [4.78, 5) is 22.2. The molecule has 2 amide bonds. The molecule has 0 fully saturated rings. The number of hydrogen-bond acceptors (Lipinski definition) is 3. The van der Waals surface area contributed by atoms with Gasteiger partial charge in [-0.1, -0.05) is 13.8 Å². The first-order chi connectivity index (χ1) is 6.65. The highest BCUT2D eigenvalue weighted by molar-refractivity contribution is 6.35. The van der Waals surface area contributed by atoms with Crippen LogP contribution in [0.2, 0.25) is 0 Å². The van der Waals surface area contributed by atoms with E-state index in [1.54, 1.807) is 0 Å². The molecule has 0 radical (unpaired) electrons. The largest absolute Gasteiger partial charge is 0.394 e.